The van der Waals surface area contributed by atoms with Crippen molar-refractivity contribution in [3.8, 4) is 11.8 Å². The number of benzene rings is 1. The molecule has 1 aromatic rings. The van der Waals surface area contributed by atoms with Crippen LogP contribution in [-0.2, 0) is 25.4 Å². The predicted octanol–water partition coefficient (Wildman–Crippen LogP) is 1.52. The van der Waals surface area contributed by atoms with E-state index < -0.39 is 32.0 Å². The van der Waals surface area contributed by atoms with Gasteiger partial charge in [-0.15, -0.1) is 0 Å². The van der Waals surface area contributed by atoms with Gasteiger partial charge in [0.1, 0.15) is 11.3 Å². The number of ether oxygens (including phenoxy) is 3. The van der Waals surface area contributed by atoms with Gasteiger partial charge in [-0.05, 0) is 24.5 Å². The van der Waals surface area contributed by atoms with Crippen LogP contribution in [0.2, 0.25) is 0 Å². The summed E-state index contributed by atoms with van der Waals surface area (Å²) in [6, 6.07) is 6.61. The molecule has 1 aliphatic rings. The van der Waals surface area contributed by atoms with E-state index in [1.54, 1.807) is 12.1 Å². The molecule has 1 heterocycles. The maximum Gasteiger partial charge on any atom is 0.547 e. The van der Waals surface area contributed by atoms with Crippen LogP contribution in [0.3, 0.4) is 0 Å². The zero-order valence-electron chi connectivity index (χ0n) is 16.0. The van der Waals surface area contributed by atoms with Gasteiger partial charge in [0.25, 0.3) is 0 Å². The lowest BCUT2D eigenvalue weighted by molar-refractivity contribution is -0.121. The van der Waals surface area contributed by atoms with Crippen LogP contribution in [0.4, 0.5) is 4.79 Å². The number of carbonyl (C=O) groups is 3. The van der Waals surface area contributed by atoms with Crippen molar-refractivity contribution in [2.45, 2.75) is 31.6 Å². The molecule has 10 nitrogen and oxygen atoms in total. The van der Waals surface area contributed by atoms with E-state index >= 15 is 0 Å². The molecule has 0 radical (unpaired) electrons. The van der Waals surface area contributed by atoms with Crippen LogP contribution in [0.1, 0.15) is 35.2 Å². The Bertz CT molecular complexity index is 816. The minimum absolute atomic E-state index is 0.0133. The Morgan fingerprint density at radius 3 is 2.87 bits per heavy atom. The van der Waals surface area contributed by atoms with Crippen molar-refractivity contribution in [1.82, 2.24) is 5.32 Å². The van der Waals surface area contributed by atoms with Crippen LogP contribution in [-0.4, -0.2) is 53.9 Å². The fraction of sp³-hybridized carbons (Fsp3) is 0.444. The molecule has 160 valence electrons. The number of hydrogen-bond acceptors (Lipinski definition) is 9. The number of hydrogen-bond donors (Lipinski definition) is 2. The summed E-state index contributed by atoms with van der Waals surface area (Å²) < 4.78 is 20.6. The molecule has 1 amide bonds. The summed E-state index contributed by atoms with van der Waals surface area (Å²) in [5.74, 6) is -1.79. The van der Waals surface area contributed by atoms with E-state index in [1.165, 1.54) is 6.07 Å². The van der Waals surface area contributed by atoms with Crippen molar-refractivity contribution >= 4 is 47.7 Å². The molecule has 1 aromatic carbocycles. The molecular formula is C18H20BIN2O8. The maximum absolute atomic E-state index is 12.3. The smallest absolute Gasteiger partial charge is 0.534 e. The Labute approximate surface area is 187 Å². The molecule has 0 aliphatic carbocycles. The molecule has 2 N–H and O–H groups in total. The van der Waals surface area contributed by atoms with E-state index in [0.717, 1.165) is 4.43 Å². The number of carbonyl (C=O) groups excluding carboxylic acids is 3. The van der Waals surface area contributed by atoms with Gasteiger partial charge < -0.3 is 29.2 Å². The topological polar surface area (TPSA) is 144 Å². The Kier molecular flexibility index (Phi) is 9.69. The fourth-order valence-electron chi connectivity index (χ4n) is 2.62. The Hall–Kier alpha value is -2.53. The second kappa shape index (κ2) is 12.2. The third-order valence-corrected chi connectivity index (χ3v) is 4.78. The molecule has 30 heavy (non-hydrogen) atoms. The standard InChI is InChI=1S/C18H20BIN2O8/c20-7-3-9-27-18(25)29-11-28-17(24)13-5-1-4-12-10-14(19(26)30-16(12)13)22-15(23)6-2-8-21/h1,4-5,14,26H,2-3,6-7,9-11H2,(H,22,23)/t14-/m0/s1. The summed E-state index contributed by atoms with van der Waals surface area (Å²) in [5.41, 5.74) is 0.627. The minimum Gasteiger partial charge on any atom is -0.534 e. The van der Waals surface area contributed by atoms with Gasteiger partial charge in [-0.25, -0.2) is 9.59 Å². The van der Waals surface area contributed by atoms with E-state index in [4.69, 9.17) is 19.4 Å². The second-order valence-corrected chi connectivity index (χ2v) is 7.25. The monoisotopic (exact) mass is 530 g/mol. The molecule has 0 spiro atoms. The van der Waals surface area contributed by atoms with Crippen molar-refractivity contribution in [1.29, 1.82) is 5.26 Å². The highest BCUT2D eigenvalue weighted by Crippen LogP contribution is 2.30. The van der Waals surface area contributed by atoms with Crippen LogP contribution in [0, 0.1) is 11.3 Å². The zero-order chi connectivity index (χ0) is 21.9. The second-order valence-electron chi connectivity index (χ2n) is 6.17. The number of halogens is 1. The van der Waals surface area contributed by atoms with Crippen LogP contribution in [0.5, 0.6) is 5.75 Å². The molecule has 2 rings (SSSR count). The van der Waals surface area contributed by atoms with E-state index in [2.05, 4.69) is 32.6 Å². The lowest BCUT2D eigenvalue weighted by atomic mass is 9.72. The first-order valence-corrected chi connectivity index (χ1v) is 10.6. The molecule has 0 saturated heterocycles. The quantitative estimate of drug-likeness (QED) is 0.121. The summed E-state index contributed by atoms with van der Waals surface area (Å²) in [6.07, 6.45) is 0.0418. The number of rotatable bonds is 9. The van der Waals surface area contributed by atoms with Crippen molar-refractivity contribution in [3.63, 3.8) is 0 Å². The summed E-state index contributed by atoms with van der Waals surface area (Å²) >= 11 is 2.15. The van der Waals surface area contributed by atoms with Gasteiger partial charge in [0, 0.05) is 17.3 Å². The maximum atomic E-state index is 12.3. The van der Waals surface area contributed by atoms with E-state index in [-0.39, 0.29) is 43.1 Å². The normalized spacial score (nSPS) is 14.6. The Balaban J connectivity index is 1.94. The lowest BCUT2D eigenvalue weighted by Crippen LogP contribution is -2.53. The molecule has 0 saturated carbocycles. The van der Waals surface area contributed by atoms with E-state index in [9.17, 15) is 19.4 Å². The molecule has 1 aliphatic heterocycles. The highest BCUT2D eigenvalue weighted by Gasteiger charge is 2.37. The minimum atomic E-state index is -1.39. The average molecular weight is 530 g/mol. The zero-order valence-corrected chi connectivity index (χ0v) is 18.1. The van der Waals surface area contributed by atoms with Crippen molar-refractivity contribution in [2.24, 2.45) is 0 Å². The largest absolute Gasteiger partial charge is 0.547 e. The van der Waals surface area contributed by atoms with Crippen molar-refractivity contribution in [2.75, 3.05) is 17.8 Å². The van der Waals surface area contributed by atoms with E-state index in [0.29, 0.717) is 12.0 Å². The SMILES string of the molecule is N#CCCC(=O)N[C@H]1Cc2cccc(C(=O)OCOC(=O)OCCCI)c2OB1O. The van der Waals surface area contributed by atoms with Gasteiger partial charge >= 0.3 is 19.2 Å². The highest BCUT2D eigenvalue weighted by molar-refractivity contribution is 14.1. The third kappa shape index (κ3) is 7.07. The van der Waals surface area contributed by atoms with Crippen molar-refractivity contribution < 1.29 is 38.3 Å². The van der Waals surface area contributed by atoms with Crippen LogP contribution in [0.15, 0.2) is 18.2 Å². The van der Waals surface area contributed by atoms with E-state index in [1.807, 2.05) is 6.07 Å². The number of esters is 1. The first kappa shape index (κ1) is 23.8. The van der Waals surface area contributed by atoms with Gasteiger partial charge in [0.15, 0.2) is 0 Å². The molecule has 0 aromatic heterocycles. The number of nitriles is 1. The number of nitrogens with one attached hydrogen (secondary N) is 1. The first-order chi connectivity index (χ1) is 14.5. The summed E-state index contributed by atoms with van der Waals surface area (Å²) in [7, 11) is -1.39. The molecule has 0 bridgehead atoms. The third-order valence-electron chi connectivity index (χ3n) is 4.01. The fourth-order valence-corrected chi connectivity index (χ4v) is 2.93. The number of nitrogens with zero attached hydrogens (tertiary/aromatic N) is 1. The number of alkyl halides is 1. The Morgan fingerprint density at radius 2 is 2.13 bits per heavy atom. The van der Waals surface area contributed by atoms with Crippen LogP contribution in [0.25, 0.3) is 0 Å². The van der Waals surface area contributed by atoms with Crippen LogP contribution >= 0.6 is 22.6 Å². The highest BCUT2D eigenvalue weighted by atomic mass is 127. The lowest BCUT2D eigenvalue weighted by Gasteiger charge is -2.29. The summed E-state index contributed by atoms with van der Waals surface area (Å²) in [6.45, 7) is -0.423. The van der Waals surface area contributed by atoms with Gasteiger partial charge in [-0.2, -0.15) is 5.26 Å². The first-order valence-electron chi connectivity index (χ1n) is 9.11. The van der Waals surface area contributed by atoms with Gasteiger partial charge in [0.2, 0.25) is 12.7 Å². The summed E-state index contributed by atoms with van der Waals surface area (Å²) in [4.78, 5) is 35.5. The number of fused-ring (bicyclic) bond motifs is 1. The molecule has 0 fully saturated rings. The Morgan fingerprint density at radius 1 is 1.33 bits per heavy atom. The molecule has 12 heteroatoms. The van der Waals surface area contributed by atoms with Gasteiger partial charge in [-0.3, -0.25) is 4.79 Å². The van der Waals surface area contributed by atoms with Crippen LogP contribution < -0.4 is 9.97 Å². The van der Waals surface area contributed by atoms with Gasteiger partial charge in [0.05, 0.1) is 18.6 Å². The summed E-state index contributed by atoms with van der Waals surface area (Å²) in [5, 5.41) is 21.4. The van der Waals surface area contributed by atoms with Gasteiger partial charge in [-0.1, -0.05) is 34.7 Å². The number of para-hydroxylation sites is 1. The molecule has 0 unspecified atom stereocenters. The molecular weight excluding hydrogens is 510 g/mol. The molecule has 1 atom stereocenters. The van der Waals surface area contributed by atoms with Crippen molar-refractivity contribution in [3.05, 3.63) is 29.3 Å². The predicted molar refractivity (Wildman–Crippen MR) is 112 cm³/mol. The number of amides is 1. The average Bonchev–Trinajstić information content (AvgIpc) is 2.72.